The number of halogens is 3. The second-order valence-corrected chi connectivity index (χ2v) is 7.29. The minimum Gasteiger partial charge on any atom is -0.481 e. The topological polar surface area (TPSA) is 131 Å². The Hall–Kier alpha value is -4.01. The number of ether oxygens (including phenoxy) is 2. The number of H-pyrrole nitrogens is 1. The van der Waals surface area contributed by atoms with Gasteiger partial charge in [0, 0.05) is 30.9 Å². The predicted octanol–water partition coefficient (Wildman–Crippen LogP) is 1.78. The predicted molar refractivity (Wildman–Crippen MR) is 112 cm³/mol. The molecule has 0 spiro atoms. The third kappa shape index (κ3) is 4.28. The summed E-state index contributed by atoms with van der Waals surface area (Å²) in [7, 11) is 1.52. The van der Waals surface area contributed by atoms with Crippen molar-refractivity contribution in [2.75, 3.05) is 43.6 Å². The minimum atomic E-state index is -4.61. The van der Waals surface area contributed by atoms with Crippen LogP contribution in [-0.4, -0.2) is 73.2 Å². The van der Waals surface area contributed by atoms with Crippen LogP contribution in [0, 0.1) is 0 Å². The van der Waals surface area contributed by atoms with Crippen molar-refractivity contribution in [3.63, 3.8) is 0 Å². The van der Waals surface area contributed by atoms with Crippen molar-refractivity contribution in [1.82, 2.24) is 39.7 Å². The normalized spacial score (nSPS) is 14.5. The fraction of sp³-hybridized carbons (Fsp3) is 0.368. The molecule has 0 amide bonds. The van der Waals surface area contributed by atoms with E-state index in [1.807, 2.05) is 0 Å². The van der Waals surface area contributed by atoms with Crippen LogP contribution in [-0.2, 0) is 17.5 Å². The van der Waals surface area contributed by atoms with E-state index in [0.29, 0.717) is 49.4 Å². The summed E-state index contributed by atoms with van der Waals surface area (Å²) < 4.78 is 51.9. The number of nitrogens with zero attached hydrogens (tertiary/aromatic N) is 8. The molecule has 15 heteroatoms. The molecule has 1 aliphatic rings. The summed E-state index contributed by atoms with van der Waals surface area (Å²) in [6.45, 7) is 1.90. The minimum absolute atomic E-state index is 0.0889. The standard InChI is InChI=1S/C19H19F3N10O2/c1-33-14-3-2-11(8-23-14)15-26-13(29-30-15)10-24-17-28-18(31-4-6-34-7-5-31)27-16-12(19(20,21)22)9-25-32(16)17/h2-3,8-9H,4-7,10H2,1H3,(H,24,27,28)(H,26,29,30). The van der Waals surface area contributed by atoms with Gasteiger partial charge in [0.1, 0.15) is 11.4 Å². The van der Waals surface area contributed by atoms with Crippen LogP contribution in [0.15, 0.2) is 24.5 Å². The van der Waals surface area contributed by atoms with Crippen LogP contribution >= 0.6 is 0 Å². The first-order valence-corrected chi connectivity index (χ1v) is 10.2. The van der Waals surface area contributed by atoms with Crippen molar-refractivity contribution < 1.29 is 22.6 Å². The Morgan fingerprint density at radius 2 is 1.97 bits per heavy atom. The molecule has 0 aliphatic carbocycles. The van der Waals surface area contributed by atoms with Crippen molar-refractivity contribution in [2.45, 2.75) is 12.7 Å². The van der Waals surface area contributed by atoms with Gasteiger partial charge in [-0.1, -0.05) is 0 Å². The Labute approximate surface area is 190 Å². The molecule has 0 saturated carbocycles. The lowest BCUT2D eigenvalue weighted by molar-refractivity contribution is -0.136. The molecular weight excluding hydrogens is 457 g/mol. The lowest BCUT2D eigenvalue weighted by atomic mass is 10.3. The molecular formula is C19H19F3N10O2. The number of rotatable bonds is 6. The molecule has 0 radical (unpaired) electrons. The molecule has 12 nitrogen and oxygen atoms in total. The highest BCUT2D eigenvalue weighted by Crippen LogP contribution is 2.33. The van der Waals surface area contributed by atoms with E-state index < -0.39 is 11.7 Å². The first kappa shape index (κ1) is 21.8. The number of hydrogen-bond donors (Lipinski definition) is 2. The van der Waals surface area contributed by atoms with E-state index >= 15 is 0 Å². The Kier molecular flexibility index (Phi) is 5.61. The van der Waals surface area contributed by atoms with Crippen molar-refractivity contribution >= 4 is 17.5 Å². The highest BCUT2D eigenvalue weighted by Gasteiger charge is 2.36. The molecule has 0 bridgehead atoms. The van der Waals surface area contributed by atoms with Crippen LogP contribution in [0.5, 0.6) is 5.88 Å². The molecule has 2 N–H and O–H groups in total. The number of morpholine rings is 1. The fourth-order valence-corrected chi connectivity index (χ4v) is 3.39. The third-order valence-electron chi connectivity index (χ3n) is 5.10. The Morgan fingerprint density at radius 3 is 2.68 bits per heavy atom. The average molecular weight is 476 g/mol. The van der Waals surface area contributed by atoms with Gasteiger partial charge in [0.05, 0.1) is 33.1 Å². The first-order valence-electron chi connectivity index (χ1n) is 10.2. The number of aromatic amines is 1. The van der Waals surface area contributed by atoms with Gasteiger partial charge in [-0.25, -0.2) is 9.97 Å². The van der Waals surface area contributed by atoms with Crippen LogP contribution in [0.25, 0.3) is 17.0 Å². The summed E-state index contributed by atoms with van der Waals surface area (Å²) in [6.07, 6.45) is -2.30. The number of nitrogens with one attached hydrogen (secondary N) is 2. The number of anilines is 2. The zero-order valence-electron chi connectivity index (χ0n) is 17.9. The summed E-state index contributed by atoms with van der Waals surface area (Å²) in [5, 5.41) is 13.8. The molecule has 1 saturated heterocycles. The maximum Gasteiger partial charge on any atom is 0.421 e. The molecule has 5 rings (SSSR count). The van der Waals surface area contributed by atoms with Crippen molar-refractivity contribution in [2.24, 2.45) is 0 Å². The van der Waals surface area contributed by atoms with Crippen LogP contribution in [0.4, 0.5) is 25.1 Å². The maximum atomic E-state index is 13.5. The summed E-state index contributed by atoms with van der Waals surface area (Å²) in [6, 6.07) is 3.45. The number of methoxy groups -OCH3 is 1. The van der Waals surface area contributed by atoms with Crippen LogP contribution in [0.2, 0.25) is 0 Å². The molecule has 178 valence electrons. The number of pyridine rings is 1. The molecule has 0 atom stereocenters. The zero-order valence-corrected chi connectivity index (χ0v) is 17.9. The highest BCUT2D eigenvalue weighted by molar-refractivity contribution is 5.57. The summed E-state index contributed by atoms with van der Waals surface area (Å²) >= 11 is 0. The summed E-state index contributed by atoms with van der Waals surface area (Å²) in [4.78, 5) is 18.8. The van der Waals surface area contributed by atoms with Gasteiger partial charge < -0.3 is 19.7 Å². The zero-order chi connectivity index (χ0) is 23.7. The average Bonchev–Trinajstić information content (AvgIpc) is 3.50. The van der Waals surface area contributed by atoms with Crippen molar-refractivity contribution in [1.29, 1.82) is 0 Å². The second-order valence-electron chi connectivity index (χ2n) is 7.29. The Balaban J connectivity index is 1.42. The van der Waals surface area contributed by atoms with Crippen LogP contribution in [0.1, 0.15) is 11.4 Å². The van der Waals surface area contributed by atoms with E-state index in [0.717, 1.165) is 10.7 Å². The molecule has 4 aromatic rings. The van der Waals surface area contributed by atoms with E-state index in [9.17, 15) is 13.2 Å². The van der Waals surface area contributed by atoms with E-state index in [2.05, 4.69) is 40.5 Å². The van der Waals surface area contributed by atoms with Crippen LogP contribution in [0.3, 0.4) is 0 Å². The maximum absolute atomic E-state index is 13.5. The van der Waals surface area contributed by atoms with Gasteiger partial charge in [0.2, 0.25) is 17.8 Å². The van der Waals surface area contributed by atoms with Gasteiger partial charge in [0.15, 0.2) is 11.5 Å². The third-order valence-corrected chi connectivity index (χ3v) is 5.10. The Morgan fingerprint density at radius 1 is 1.15 bits per heavy atom. The van der Waals surface area contributed by atoms with Crippen molar-refractivity contribution in [3.8, 4) is 17.3 Å². The van der Waals surface area contributed by atoms with E-state index in [-0.39, 0.29) is 24.1 Å². The largest absolute Gasteiger partial charge is 0.481 e. The number of fused-ring (bicyclic) bond motifs is 1. The van der Waals surface area contributed by atoms with Gasteiger partial charge in [0.25, 0.3) is 0 Å². The number of alkyl halides is 3. The molecule has 1 fully saturated rings. The molecule has 0 aromatic carbocycles. The monoisotopic (exact) mass is 476 g/mol. The fourth-order valence-electron chi connectivity index (χ4n) is 3.39. The quantitative estimate of drug-likeness (QED) is 0.425. The van der Waals surface area contributed by atoms with Gasteiger partial charge in [-0.2, -0.15) is 37.9 Å². The first-order chi connectivity index (χ1) is 16.4. The Bertz CT molecular complexity index is 1280. The number of aromatic nitrogens is 8. The SMILES string of the molecule is COc1ccc(-c2n[nH]c(CNc3nc(N4CCOCC4)nc4c(C(F)(F)F)cnn34)n2)cn1. The van der Waals surface area contributed by atoms with Gasteiger partial charge >= 0.3 is 6.18 Å². The highest BCUT2D eigenvalue weighted by atomic mass is 19.4. The number of hydrogen-bond acceptors (Lipinski definition) is 10. The van der Waals surface area contributed by atoms with E-state index in [1.165, 1.54) is 7.11 Å². The smallest absolute Gasteiger partial charge is 0.421 e. The van der Waals surface area contributed by atoms with Crippen LogP contribution < -0.4 is 15.0 Å². The van der Waals surface area contributed by atoms with E-state index in [4.69, 9.17) is 9.47 Å². The van der Waals surface area contributed by atoms with Gasteiger partial charge in [-0.05, 0) is 6.07 Å². The molecule has 5 heterocycles. The molecule has 4 aromatic heterocycles. The van der Waals surface area contributed by atoms with E-state index in [1.54, 1.807) is 23.2 Å². The lowest BCUT2D eigenvalue weighted by Crippen LogP contribution is -2.37. The second kappa shape index (κ2) is 8.74. The molecule has 34 heavy (non-hydrogen) atoms. The lowest BCUT2D eigenvalue weighted by Gasteiger charge is -2.27. The van der Waals surface area contributed by atoms with Crippen molar-refractivity contribution in [3.05, 3.63) is 35.9 Å². The molecule has 0 unspecified atom stereocenters. The van der Waals surface area contributed by atoms with Gasteiger partial charge in [-0.3, -0.25) is 5.10 Å². The molecule has 1 aliphatic heterocycles. The van der Waals surface area contributed by atoms with Gasteiger partial charge in [-0.15, -0.1) is 0 Å². The summed E-state index contributed by atoms with van der Waals surface area (Å²) in [5.41, 5.74) is -0.611. The summed E-state index contributed by atoms with van der Waals surface area (Å²) in [5.74, 6) is 1.56.